The number of nitrogens with two attached hydrogens (primary N) is 2. The molecule has 0 radical (unpaired) electrons. The predicted octanol–water partition coefficient (Wildman–Crippen LogP) is 3.92. The van der Waals surface area contributed by atoms with Crippen molar-refractivity contribution in [1.29, 1.82) is 0 Å². The zero-order chi connectivity index (χ0) is 24.0. The molecule has 0 aromatic carbocycles. The van der Waals surface area contributed by atoms with Crippen molar-refractivity contribution in [3.05, 3.63) is 0 Å². The van der Waals surface area contributed by atoms with E-state index in [0.29, 0.717) is 32.1 Å². The summed E-state index contributed by atoms with van der Waals surface area (Å²) in [5.41, 5.74) is -1.47. The lowest BCUT2D eigenvalue weighted by Gasteiger charge is -2.46. The van der Waals surface area contributed by atoms with E-state index >= 15 is 0 Å². The van der Waals surface area contributed by atoms with Gasteiger partial charge in [0.2, 0.25) is 20.0 Å². The first-order valence-corrected chi connectivity index (χ1v) is 14.4. The van der Waals surface area contributed by atoms with E-state index in [1.54, 1.807) is 0 Å². The Balaban J connectivity index is 6.24. The molecule has 30 heavy (non-hydrogen) atoms. The molecule has 0 saturated heterocycles. The van der Waals surface area contributed by atoms with Gasteiger partial charge in [0.05, 0.1) is 22.7 Å². The van der Waals surface area contributed by atoms with Crippen molar-refractivity contribution in [2.75, 3.05) is 0 Å². The lowest BCUT2D eigenvalue weighted by molar-refractivity contribution is -0.123. The highest BCUT2D eigenvalue weighted by Gasteiger charge is 2.48. The fourth-order valence-electron chi connectivity index (χ4n) is 4.77. The molecule has 0 heterocycles. The van der Waals surface area contributed by atoms with Crippen LogP contribution in [0.3, 0.4) is 0 Å². The average molecular weight is 471 g/mol. The summed E-state index contributed by atoms with van der Waals surface area (Å²) < 4.78 is 56.0. The SMILES string of the molecule is CCCC(OC(CCC)C(C)(C)C(CCC)S(N)(=O)=O)C(C)(C)C(CC)S(N)(=O)=O. The van der Waals surface area contributed by atoms with Gasteiger partial charge in [-0.05, 0) is 25.7 Å². The van der Waals surface area contributed by atoms with E-state index in [9.17, 15) is 16.8 Å². The second-order valence-corrected chi connectivity index (χ2v) is 13.2. The van der Waals surface area contributed by atoms with Crippen LogP contribution in [0.25, 0.3) is 0 Å². The molecule has 0 aliphatic heterocycles. The van der Waals surface area contributed by atoms with Crippen LogP contribution in [-0.4, -0.2) is 39.5 Å². The zero-order valence-corrected chi connectivity index (χ0v) is 21.9. The number of hydrogen-bond acceptors (Lipinski definition) is 5. The van der Waals surface area contributed by atoms with Gasteiger partial charge in [-0.2, -0.15) is 0 Å². The fraction of sp³-hybridized carbons (Fsp3) is 1.00. The predicted molar refractivity (Wildman–Crippen MR) is 125 cm³/mol. The highest BCUT2D eigenvalue weighted by atomic mass is 32.2. The van der Waals surface area contributed by atoms with Gasteiger partial charge in [-0.15, -0.1) is 0 Å². The highest BCUT2D eigenvalue weighted by molar-refractivity contribution is 7.90. The van der Waals surface area contributed by atoms with Crippen molar-refractivity contribution in [1.82, 2.24) is 0 Å². The third-order valence-electron chi connectivity index (χ3n) is 6.46. The molecule has 0 rings (SSSR count). The molecular formula is C21H46N2O5S2. The third-order valence-corrected chi connectivity index (χ3v) is 9.83. The van der Waals surface area contributed by atoms with Crippen molar-refractivity contribution in [2.45, 2.75) is 123 Å². The lowest BCUT2D eigenvalue weighted by atomic mass is 9.76. The molecular weight excluding hydrogens is 424 g/mol. The number of sulfonamides is 2. The highest BCUT2D eigenvalue weighted by Crippen LogP contribution is 2.42. The topological polar surface area (TPSA) is 130 Å². The third kappa shape index (κ3) is 7.73. The van der Waals surface area contributed by atoms with Gasteiger partial charge in [0.15, 0.2) is 0 Å². The van der Waals surface area contributed by atoms with E-state index in [0.717, 1.165) is 12.8 Å². The Morgan fingerprint density at radius 3 is 1.27 bits per heavy atom. The van der Waals surface area contributed by atoms with Gasteiger partial charge in [-0.3, -0.25) is 0 Å². The van der Waals surface area contributed by atoms with E-state index < -0.39 is 41.4 Å². The molecule has 9 heteroatoms. The molecule has 0 aliphatic rings. The average Bonchev–Trinajstić information content (AvgIpc) is 2.56. The van der Waals surface area contributed by atoms with E-state index in [2.05, 4.69) is 0 Å². The Bertz CT molecular complexity index is 718. The second-order valence-electron chi connectivity index (χ2n) is 9.69. The summed E-state index contributed by atoms with van der Waals surface area (Å²) in [7, 11) is -7.54. The van der Waals surface area contributed by atoms with Crippen LogP contribution in [0, 0.1) is 10.8 Å². The molecule has 0 aromatic heterocycles. The van der Waals surface area contributed by atoms with Crippen molar-refractivity contribution in [3.8, 4) is 0 Å². The number of ether oxygens (including phenoxy) is 1. The van der Waals surface area contributed by atoms with Crippen molar-refractivity contribution in [2.24, 2.45) is 21.1 Å². The van der Waals surface area contributed by atoms with E-state index in [1.807, 2.05) is 55.4 Å². The van der Waals surface area contributed by atoms with Crippen LogP contribution in [0.15, 0.2) is 0 Å². The number of rotatable bonds is 15. The quantitative estimate of drug-likeness (QED) is 0.375. The maximum atomic E-state index is 12.4. The minimum atomic E-state index is -3.77. The van der Waals surface area contributed by atoms with Crippen LogP contribution >= 0.6 is 0 Å². The van der Waals surface area contributed by atoms with Gasteiger partial charge in [0.1, 0.15) is 0 Å². The van der Waals surface area contributed by atoms with E-state index in [-0.39, 0.29) is 12.2 Å². The summed E-state index contributed by atoms with van der Waals surface area (Å²) in [6.45, 7) is 15.3. The van der Waals surface area contributed by atoms with E-state index in [4.69, 9.17) is 15.0 Å². The largest absolute Gasteiger partial charge is 0.374 e. The van der Waals surface area contributed by atoms with E-state index in [1.165, 1.54) is 0 Å². The summed E-state index contributed by atoms with van der Waals surface area (Å²) in [6.07, 6.45) is 3.69. The molecule has 7 nitrogen and oxygen atoms in total. The molecule has 0 spiro atoms. The van der Waals surface area contributed by atoms with Gasteiger partial charge in [0.25, 0.3) is 0 Å². The van der Waals surface area contributed by atoms with Gasteiger partial charge in [-0.1, -0.05) is 74.7 Å². The van der Waals surface area contributed by atoms with Crippen molar-refractivity contribution >= 4 is 20.0 Å². The normalized spacial score (nSPS) is 18.1. The first-order chi connectivity index (χ1) is 13.5. The summed E-state index contributed by atoms with van der Waals surface area (Å²) >= 11 is 0. The Morgan fingerprint density at radius 2 is 1.00 bits per heavy atom. The van der Waals surface area contributed by atoms with Crippen LogP contribution in [0.2, 0.25) is 0 Å². The molecule has 0 amide bonds. The van der Waals surface area contributed by atoms with Gasteiger partial charge in [-0.25, -0.2) is 27.1 Å². The molecule has 0 bridgehead atoms. The van der Waals surface area contributed by atoms with Crippen molar-refractivity contribution < 1.29 is 21.6 Å². The van der Waals surface area contributed by atoms with Crippen LogP contribution in [0.5, 0.6) is 0 Å². The van der Waals surface area contributed by atoms with Crippen LogP contribution < -0.4 is 10.3 Å². The summed E-state index contributed by atoms with van der Waals surface area (Å²) in [4.78, 5) is 0. The Labute approximate surface area is 185 Å². The Hall–Kier alpha value is -0.220. The van der Waals surface area contributed by atoms with Gasteiger partial charge >= 0.3 is 0 Å². The fourth-order valence-corrected chi connectivity index (χ4v) is 7.80. The molecule has 4 atom stereocenters. The lowest BCUT2D eigenvalue weighted by Crippen LogP contribution is -2.53. The molecule has 0 aromatic rings. The number of primary sulfonamides is 2. The monoisotopic (exact) mass is 470 g/mol. The first kappa shape index (κ1) is 29.8. The first-order valence-electron chi connectivity index (χ1n) is 11.2. The summed E-state index contributed by atoms with van der Waals surface area (Å²) in [5.74, 6) is 0. The molecule has 0 fully saturated rings. The smallest absolute Gasteiger partial charge is 0.212 e. The zero-order valence-electron chi connectivity index (χ0n) is 20.3. The minimum absolute atomic E-state index is 0.382. The standard InChI is InChI=1S/C21H46N2O5S2/c1-9-13-16(20(5,6)18(12-4)29(22,24)25)28-17(14-10-2)21(7,8)19(15-11-3)30(23,26)27/h16-19H,9-15H2,1-8H3,(H2,22,24,25)(H2,23,26,27). The molecule has 4 unspecified atom stereocenters. The van der Waals surface area contributed by atoms with Crippen LogP contribution in [-0.2, 0) is 24.8 Å². The number of hydrogen-bond donors (Lipinski definition) is 2. The van der Waals surface area contributed by atoms with Gasteiger partial charge < -0.3 is 4.74 Å². The summed E-state index contributed by atoms with van der Waals surface area (Å²) in [6, 6.07) is 0. The maximum Gasteiger partial charge on any atom is 0.212 e. The minimum Gasteiger partial charge on any atom is -0.374 e. The summed E-state index contributed by atoms with van der Waals surface area (Å²) in [5, 5.41) is 9.67. The van der Waals surface area contributed by atoms with Gasteiger partial charge in [0, 0.05) is 10.8 Å². The molecule has 0 saturated carbocycles. The molecule has 4 N–H and O–H groups in total. The Morgan fingerprint density at radius 1 is 0.667 bits per heavy atom. The maximum absolute atomic E-state index is 12.4. The van der Waals surface area contributed by atoms with Crippen molar-refractivity contribution in [3.63, 3.8) is 0 Å². The Kier molecular flexibility index (Phi) is 11.5. The molecule has 0 aliphatic carbocycles. The second kappa shape index (κ2) is 11.6. The molecule has 182 valence electrons. The van der Waals surface area contributed by atoms with Crippen LogP contribution in [0.4, 0.5) is 0 Å². The van der Waals surface area contributed by atoms with Crippen LogP contribution in [0.1, 0.15) is 100 Å².